The van der Waals surface area contributed by atoms with E-state index in [1.165, 1.54) is 16.7 Å². The maximum absolute atomic E-state index is 9.53. The van der Waals surface area contributed by atoms with Crippen LogP contribution in [-0.2, 0) is 0 Å². The number of aliphatic hydroxyl groups is 1. The largest absolute Gasteiger partial charge is 0.396 e. The van der Waals surface area contributed by atoms with E-state index in [1.54, 1.807) is 0 Å². The van der Waals surface area contributed by atoms with Crippen LogP contribution < -0.4 is 0 Å². The third-order valence-corrected chi connectivity index (χ3v) is 3.51. The zero-order chi connectivity index (χ0) is 13.0. The van der Waals surface area contributed by atoms with Crippen LogP contribution in [0.3, 0.4) is 0 Å². The summed E-state index contributed by atoms with van der Waals surface area (Å²) in [7, 11) is 4.17. The first-order valence-corrected chi connectivity index (χ1v) is 6.35. The van der Waals surface area contributed by atoms with Gasteiger partial charge in [0, 0.05) is 18.6 Å². The Labute approximate surface area is 105 Å². The molecule has 0 spiro atoms. The van der Waals surface area contributed by atoms with Crippen LogP contribution in [0.15, 0.2) is 18.2 Å². The van der Waals surface area contributed by atoms with Crippen molar-refractivity contribution in [3.8, 4) is 0 Å². The van der Waals surface area contributed by atoms with Gasteiger partial charge >= 0.3 is 0 Å². The van der Waals surface area contributed by atoms with E-state index in [4.69, 9.17) is 0 Å². The first-order chi connectivity index (χ1) is 8.01. The second-order valence-electron chi connectivity index (χ2n) is 5.12. The second kappa shape index (κ2) is 6.18. The fourth-order valence-corrected chi connectivity index (χ4v) is 2.56. The molecule has 0 saturated heterocycles. The van der Waals surface area contributed by atoms with Crippen molar-refractivity contribution in [3.63, 3.8) is 0 Å². The van der Waals surface area contributed by atoms with E-state index in [0.29, 0.717) is 12.0 Å². The summed E-state index contributed by atoms with van der Waals surface area (Å²) in [6, 6.07) is 6.87. The molecule has 2 unspecified atom stereocenters. The molecule has 1 rings (SSSR count). The first kappa shape index (κ1) is 14.2. The van der Waals surface area contributed by atoms with Gasteiger partial charge in [-0.25, -0.2) is 0 Å². The Morgan fingerprint density at radius 2 is 1.88 bits per heavy atom. The summed E-state index contributed by atoms with van der Waals surface area (Å²) >= 11 is 0. The number of benzene rings is 1. The highest BCUT2D eigenvalue weighted by Gasteiger charge is 2.24. The maximum Gasteiger partial charge on any atom is 0.0477 e. The van der Waals surface area contributed by atoms with Crippen molar-refractivity contribution in [2.75, 3.05) is 20.7 Å². The predicted molar refractivity (Wildman–Crippen MR) is 73.2 cm³/mol. The summed E-state index contributed by atoms with van der Waals surface area (Å²) in [5, 5.41) is 9.53. The molecule has 0 aliphatic heterocycles. The van der Waals surface area contributed by atoms with Gasteiger partial charge in [-0.3, -0.25) is 0 Å². The molecule has 1 aromatic carbocycles. The lowest BCUT2D eigenvalue weighted by atomic mass is 9.87. The Balaban J connectivity index is 3.13. The molecule has 0 amide bonds. The van der Waals surface area contributed by atoms with Crippen LogP contribution in [0.25, 0.3) is 0 Å². The van der Waals surface area contributed by atoms with E-state index in [-0.39, 0.29) is 6.61 Å². The van der Waals surface area contributed by atoms with Gasteiger partial charge in [-0.15, -0.1) is 0 Å². The first-order valence-electron chi connectivity index (χ1n) is 6.35. The van der Waals surface area contributed by atoms with Gasteiger partial charge in [0.1, 0.15) is 0 Å². The number of hydrogen-bond acceptors (Lipinski definition) is 2. The monoisotopic (exact) mass is 235 g/mol. The quantitative estimate of drug-likeness (QED) is 0.848. The van der Waals surface area contributed by atoms with E-state index in [2.05, 4.69) is 58.0 Å². The molecule has 0 radical (unpaired) electrons. The maximum atomic E-state index is 9.53. The average Bonchev–Trinajstić information content (AvgIpc) is 2.26. The lowest BCUT2D eigenvalue weighted by molar-refractivity contribution is 0.130. The molecular weight excluding hydrogens is 210 g/mol. The molecule has 2 heteroatoms. The van der Waals surface area contributed by atoms with Crippen molar-refractivity contribution >= 4 is 0 Å². The van der Waals surface area contributed by atoms with Gasteiger partial charge in [0.25, 0.3) is 0 Å². The smallest absolute Gasteiger partial charge is 0.0477 e. The number of rotatable bonds is 5. The standard InChI is InChI=1S/C15H25NO/c1-6-13(10-17)15(16(4)5)14-8-7-11(2)9-12(14)3/h7-9,13,15,17H,6,10H2,1-5H3. The molecule has 0 aliphatic rings. The molecule has 1 aromatic rings. The minimum Gasteiger partial charge on any atom is -0.396 e. The average molecular weight is 235 g/mol. The molecular formula is C15H25NO. The van der Waals surface area contributed by atoms with E-state index >= 15 is 0 Å². The topological polar surface area (TPSA) is 23.5 Å². The van der Waals surface area contributed by atoms with Crippen LogP contribution in [0.2, 0.25) is 0 Å². The van der Waals surface area contributed by atoms with Crippen LogP contribution in [0, 0.1) is 19.8 Å². The van der Waals surface area contributed by atoms with Crippen molar-refractivity contribution in [1.82, 2.24) is 4.90 Å². The molecule has 0 aromatic heterocycles. The van der Waals surface area contributed by atoms with Crippen LogP contribution in [-0.4, -0.2) is 30.7 Å². The van der Waals surface area contributed by atoms with Crippen molar-refractivity contribution < 1.29 is 5.11 Å². The highest BCUT2D eigenvalue weighted by atomic mass is 16.3. The fraction of sp³-hybridized carbons (Fsp3) is 0.600. The van der Waals surface area contributed by atoms with Gasteiger partial charge in [0.2, 0.25) is 0 Å². The van der Waals surface area contributed by atoms with Crippen LogP contribution in [0.1, 0.15) is 36.1 Å². The van der Waals surface area contributed by atoms with E-state index < -0.39 is 0 Å². The molecule has 2 atom stereocenters. The Kier molecular flexibility index (Phi) is 5.16. The lowest BCUT2D eigenvalue weighted by Gasteiger charge is -2.32. The van der Waals surface area contributed by atoms with Crippen LogP contribution in [0.5, 0.6) is 0 Å². The van der Waals surface area contributed by atoms with Crippen LogP contribution in [0.4, 0.5) is 0 Å². The number of hydrogen-bond donors (Lipinski definition) is 1. The third-order valence-electron chi connectivity index (χ3n) is 3.51. The highest BCUT2D eigenvalue weighted by Crippen LogP contribution is 2.31. The normalized spacial score (nSPS) is 15.0. The van der Waals surface area contributed by atoms with Crippen molar-refractivity contribution in [1.29, 1.82) is 0 Å². The van der Waals surface area contributed by atoms with E-state index in [0.717, 1.165) is 6.42 Å². The molecule has 2 nitrogen and oxygen atoms in total. The second-order valence-corrected chi connectivity index (χ2v) is 5.12. The number of nitrogens with zero attached hydrogens (tertiary/aromatic N) is 1. The fourth-order valence-electron chi connectivity index (χ4n) is 2.56. The Morgan fingerprint density at radius 3 is 2.29 bits per heavy atom. The molecule has 0 bridgehead atoms. The van der Waals surface area contributed by atoms with Crippen molar-refractivity contribution in [3.05, 3.63) is 34.9 Å². The number of aliphatic hydroxyl groups excluding tert-OH is 1. The highest BCUT2D eigenvalue weighted by molar-refractivity contribution is 5.33. The summed E-state index contributed by atoms with van der Waals surface area (Å²) in [5.41, 5.74) is 3.94. The zero-order valence-corrected chi connectivity index (χ0v) is 11.7. The number of aryl methyl sites for hydroxylation is 2. The molecule has 1 N–H and O–H groups in total. The van der Waals surface area contributed by atoms with Gasteiger partial charge in [-0.2, -0.15) is 0 Å². The molecule has 0 fully saturated rings. The molecule has 96 valence electrons. The lowest BCUT2D eigenvalue weighted by Crippen LogP contribution is -2.29. The Morgan fingerprint density at radius 1 is 1.24 bits per heavy atom. The summed E-state index contributed by atoms with van der Waals surface area (Å²) < 4.78 is 0. The Bertz CT molecular complexity index is 356. The summed E-state index contributed by atoms with van der Waals surface area (Å²) in [6.45, 7) is 6.65. The van der Waals surface area contributed by atoms with Gasteiger partial charge in [0.05, 0.1) is 0 Å². The van der Waals surface area contributed by atoms with E-state index in [1.807, 2.05) is 0 Å². The molecule has 0 aliphatic carbocycles. The van der Waals surface area contributed by atoms with Crippen molar-refractivity contribution in [2.45, 2.75) is 33.2 Å². The third kappa shape index (κ3) is 3.30. The van der Waals surface area contributed by atoms with E-state index in [9.17, 15) is 5.11 Å². The van der Waals surface area contributed by atoms with Gasteiger partial charge in [-0.05, 0) is 45.5 Å². The SMILES string of the molecule is CCC(CO)C(c1ccc(C)cc1C)N(C)C. The van der Waals surface area contributed by atoms with Gasteiger partial charge in [0.15, 0.2) is 0 Å². The summed E-state index contributed by atoms with van der Waals surface area (Å²) in [6.07, 6.45) is 0.993. The molecule has 0 heterocycles. The van der Waals surface area contributed by atoms with Crippen molar-refractivity contribution in [2.24, 2.45) is 5.92 Å². The summed E-state index contributed by atoms with van der Waals surface area (Å²) in [5.74, 6) is 0.298. The predicted octanol–water partition coefficient (Wildman–Crippen LogP) is 2.92. The minimum absolute atomic E-state index is 0.243. The van der Waals surface area contributed by atoms with Gasteiger partial charge < -0.3 is 10.0 Å². The van der Waals surface area contributed by atoms with Gasteiger partial charge in [-0.1, -0.05) is 30.7 Å². The molecule has 17 heavy (non-hydrogen) atoms. The zero-order valence-electron chi connectivity index (χ0n) is 11.7. The molecule has 0 saturated carbocycles. The minimum atomic E-state index is 0.243. The summed E-state index contributed by atoms with van der Waals surface area (Å²) in [4.78, 5) is 2.21. The Hall–Kier alpha value is -0.860. The van der Waals surface area contributed by atoms with Crippen LogP contribution >= 0.6 is 0 Å².